The lowest BCUT2D eigenvalue weighted by molar-refractivity contribution is -0.137. The third kappa shape index (κ3) is 2.11. The zero-order valence-electron chi connectivity index (χ0n) is 9.27. The first kappa shape index (κ1) is 11.6. The van der Waals surface area contributed by atoms with Gasteiger partial charge in [-0.15, -0.1) is 6.42 Å². The zero-order chi connectivity index (χ0) is 13.0. The Morgan fingerprint density at radius 2 is 2.28 bits per heavy atom. The summed E-state index contributed by atoms with van der Waals surface area (Å²) in [6.07, 6.45) is 4.97. The van der Waals surface area contributed by atoms with Gasteiger partial charge in [-0.1, -0.05) is 18.1 Å². The van der Waals surface area contributed by atoms with E-state index in [0.717, 1.165) is 0 Å². The van der Waals surface area contributed by atoms with E-state index >= 15 is 0 Å². The smallest absolute Gasteiger partial charge is 0.355 e. The van der Waals surface area contributed by atoms with E-state index in [-0.39, 0.29) is 18.1 Å². The Labute approximate surface area is 104 Å². The summed E-state index contributed by atoms with van der Waals surface area (Å²) in [5.41, 5.74) is 0.437. The maximum Gasteiger partial charge on any atom is 0.355 e. The molecule has 0 amide bonds. The second-order valence-electron chi connectivity index (χ2n) is 3.32. The number of carbonyl (C=O) groups is 1. The van der Waals surface area contributed by atoms with Crippen LogP contribution in [-0.4, -0.2) is 12.6 Å². The van der Waals surface area contributed by atoms with Crippen molar-refractivity contribution in [2.24, 2.45) is 0 Å². The number of anilines is 1. The summed E-state index contributed by atoms with van der Waals surface area (Å²) in [6, 6.07) is 8.81. The van der Waals surface area contributed by atoms with Crippen molar-refractivity contribution in [3.8, 4) is 24.2 Å². The molecule has 1 aromatic rings. The standard InChI is InChI=1S/C13H8N2O3/c1-2-7-17-13(16)9(8-14)12-15-10-5-3-4-6-11(10)18-12/h1,3-6,15H,7H2. The van der Waals surface area contributed by atoms with Crippen molar-refractivity contribution in [1.82, 2.24) is 0 Å². The van der Waals surface area contributed by atoms with E-state index in [1.807, 2.05) is 0 Å². The molecule has 0 unspecified atom stereocenters. The van der Waals surface area contributed by atoms with Crippen LogP contribution < -0.4 is 10.1 Å². The van der Waals surface area contributed by atoms with Gasteiger partial charge in [0.2, 0.25) is 5.88 Å². The van der Waals surface area contributed by atoms with E-state index in [9.17, 15) is 4.79 Å². The second-order valence-corrected chi connectivity index (χ2v) is 3.32. The number of nitriles is 1. The minimum atomic E-state index is -0.814. The van der Waals surface area contributed by atoms with E-state index in [0.29, 0.717) is 11.4 Å². The van der Waals surface area contributed by atoms with Crippen LogP contribution in [0.4, 0.5) is 5.69 Å². The molecule has 1 N–H and O–H groups in total. The fraction of sp³-hybridized carbons (Fsp3) is 0.0769. The van der Waals surface area contributed by atoms with Crippen molar-refractivity contribution in [2.75, 3.05) is 11.9 Å². The largest absolute Gasteiger partial charge is 0.448 e. The molecule has 5 heteroatoms. The van der Waals surface area contributed by atoms with E-state index < -0.39 is 5.97 Å². The minimum absolute atomic E-state index is 0.0562. The number of nitrogens with zero attached hydrogens (tertiary/aromatic N) is 1. The van der Waals surface area contributed by atoms with Crippen LogP contribution in [0.25, 0.3) is 0 Å². The number of nitrogens with one attached hydrogen (secondary N) is 1. The maximum atomic E-state index is 11.6. The third-order valence-electron chi connectivity index (χ3n) is 2.18. The Bertz CT molecular complexity index is 578. The van der Waals surface area contributed by atoms with Crippen molar-refractivity contribution in [2.45, 2.75) is 0 Å². The minimum Gasteiger partial charge on any atom is -0.448 e. The van der Waals surface area contributed by atoms with Gasteiger partial charge in [0.15, 0.2) is 17.9 Å². The third-order valence-corrected chi connectivity index (χ3v) is 2.18. The summed E-state index contributed by atoms with van der Waals surface area (Å²) in [4.78, 5) is 11.6. The highest BCUT2D eigenvalue weighted by Crippen LogP contribution is 2.33. The summed E-state index contributed by atoms with van der Waals surface area (Å²) in [5.74, 6) is 1.94. The highest BCUT2D eigenvalue weighted by Gasteiger charge is 2.25. The van der Waals surface area contributed by atoms with Gasteiger partial charge >= 0.3 is 5.97 Å². The van der Waals surface area contributed by atoms with Gasteiger partial charge in [0.25, 0.3) is 0 Å². The molecule has 0 saturated heterocycles. The summed E-state index contributed by atoms with van der Waals surface area (Å²) in [6.45, 7) is -0.190. The number of esters is 1. The molecule has 0 fully saturated rings. The second kappa shape index (κ2) is 4.94. The normalized spacial score (nSPS) is 14.3. The molecule has 0 radical (unpaired) electrons. The van der Waals surface area contributed by atoms with Crippen molar-refractivity contribution in [1.29, 1.82) is 5.26 Å². The molecular formula is C13H8N2O3. The molecular weight excluding hydrogens is 232 g/mol. The van der Waals surface area contributed by atoms with Crippen LogP contribution in [0.15, 0.2) is 35.7 Å². The number of ether oxygens (including phenoxy) is 2. The van der Waals surface area contributed by atoms with Gasteiger partial charge in [-0.2, -0.15) is 5.26 Å². The lowest BCUT2D eigenvalue weighted by Gasteiger charge is -2.02. The Hall–Kier alpha value is -2.92. The molecule has 1 heterocycles. The quantitative estimate of drug-likeness (QED) is 0.366. The van der Waals surface area contributed by atoms with Crippen LogP contribution >= 0.6 is 0 Å². The molecule has 1 aliphatic rings. The lowest BCUT2D eigenvalue weighted by atomic mass is 10.3. The van der Waals surface area contributed by atoms with E-state index in [1.165, 1.54) is 0 Å². The van der Waals surface area contributed by atoms with Crippen molar-refractivity contribution in [3.63, 3.8) is 0 Å². The topological polar surface area (TPSA) is 71.4 Å². The highest BCUT2D eigenvalue weighted by atomic mass is 16.5. The first-order valence-corrected chi connectivity index (χ1v) is 5.05. The van der Waals surface area contributed by atoms with Crippen LogP contribution in [0, 0.1) is 23.7 Å². The average molecular weight is 240 g/mol. The Morgan fingerprint density at radius 3 is 2.94 bits per heavy atom. The summed E-state index contributed by atoms with van der Waals surface area (Å²) >= 11 is 0. The number of hydrogen-bond donors (Lipinski definition) is 1. The molecule has 1 aromatic carbocycles. The van der Waals surface area contributed by atoms with E-state index in [2.05, 4.69) is 16.0 Å². The molecule has 5 nitrogen and oxygen atoms in total. The van der Waals surface area contributed by atoms with Crippen LogP contribution in [0.3, 0.4) is 0 Å². The Morgan fingerprint density at radius 1 is 1.50 bits per heavy atom. The molecule has 0 bridgehead atoms. The molecule has 1 aliphatic heterocycles. The fourth-order valence-corrected chi connectivity index (χ4v) is 1.40. The fourth-order valence-electron chi connectivity index (χ4n) is 1.40. The molecule has 0 aliphatic carbocycles. The zero-order valence-corrected chi connectivity index (χ0v) is 9.27. The number of para-hydroxylation sites is 2. The highest BCUT2D eigenvalue weighted by molar-refractivity contribution is 5.94. The number of fused-ring (bicyclic) bond motifs is 1. The van der Waals surface area contributed by atoms with Gasteiger partial charge in [-0.3, -0.25) is 0 Å². The number of rotatable bonds is 2. The maximum absolute atomic E-state index is 11.6. The number of carbonyl (C=O) groups excluding carboxylic acids is 1. The van der Waals surface area contributed by atoms with Gasteiger partial charge in [0.05, 0.1) is 5.69 Å². The van der Waals surface area contributed by atoms with Crippen LogP contribution in [-0.2, 0) is 9.53 Å². The van der Waals surface area contributed by atoms with Gasteiger partial charge < -0.3 is 14.8 Å². The molecule has 88 valence electrons. The van der Waals surface area contributed by atoms with Gasteiger partial charge in [-0.25, -0.2) is 4.79 Å². The first-order chi connectivity index (χ1) is 8.76. The van der Waals surface area contributed by atoms with Gasteiger partial charge in [-0.05, 0) is 12.1 Å². The van der Waals surface area contributed by atoms with Gasteiger partial charge in [0, 0.05) is 0 Å². The van der Waals surface area contributed by atoms with Crippen LogP contribution in [0.2, 0.25) is 0 Å². The molecule has 0 saturated carbocycles. The SMILES string of the molecule is C#CCOC(=O)C(C#N)=C1Nc2ccccc2O1. The van der Waals surface area contributed by atoms with E-state index in [4.69, 9.17) is 16.4 Å². The van der Waals surface area contributed by atoms with Gasteiger partial charge in [0.1, 0.15) is 6.07 Å². The number of benzene rings is 1. The van der Waals surface area contributed by atoms with Crippen LogP contribution in [0.5, 0.6) is 5.75 Å². The summed E-state index contributed by atoms with van der Waals surface area (Å²) in [7, 11) is 0. The molecule has 0 aromatic heterocycles. The average Bonchev–Trinajstić information content (AvgIpc) is 2.80. The molecule has 2 rings (SSSR count). The molecule has 18 heavy (non-hydrogen) atoms. The number of hydrogen-bond acceptors (Lipinski definition) is 5. The van der Waals surface area contributed by atoms with Crippen molar-refractivity contribution < 1.29 is 14.3 Å². The summed E-state index contributed by atoms with van der Waals surface area (Å²) in [5, 5.41) is 11.8. The summed E-state index contributed by atoms with van der Waals surface area (Å²) < 4.78 is 10.0. The Balaban J connectivity index is 2.25. The number of terminal acetylenes is 1. The predicted octanol–water partition coefficient (Wildman–Crippen LogP) is 1.40. The van der Waals surface area contributed by atoms with Crippen LogP contribution in [0.1, 0.15) is 0 Å². The van der Waals surface area contributed by atoms with Crippen molar-refractivity contribution >= 4 is 11.7 Å². The predicted molar refractivity (Wildman–Crippen MR) is 63.1 cm³/mol. The van der Waals surface area contributed by atoms with E-state index in [1.54, 1.807) is 30.3 Å². The lowest BCUT2D eigenvalue weighted by Crippen LogP contribution is -2.13. The molecule has 0 atom stereocenters. The Kier molecular flexibility index (Phi) is 3.17. The first-order valence-electron chi connectivity index (χ1n) is 5.05. The molecule has 0 spiro atoms. The van der Waals surface area contributed by atoms with Crippen molar-refractivity contribution in [3.05, 3.63) is 35.7 Å². The monoisotopic (exact) mass is 240 g/mol.